The standard InChI is InChI=1S/C36H38N8O6S/c1-4-5-8-26-22-33(44(41-26)27-13-11-24(2)12-14-27)40-34(45)38-30-15-16-31(29-10-7-6-9-28(29)30)50-23-25-17-18-37-32(21-25)39-35(46)42-19-20-43(36(42)47)51(3,48)49/h6-7,9-18,21-22H,4-5,8,19-20,23H2,1-3H3,(H,37,39,46)(H2,38,40,45). The van der Waals surface area contributed by atoms with Crippen molar-refractivity contribution in [3.63, 3.8) is 0 Å². The molecule has 1 saturated heterocycles. The number of carbonyl (C=O) groups excluding carboxylic acids is 3. The van der Waals surface area contributed by atoms with Crippen LogP contribution >= 0.6 is 0 Å². The Bertz CT molecular complexity index is 2200. The molecular weight excluding hydrogens is 673 g/mol. The van der Waals surface area contributed by atoms with Gasteiger partial charge in [0, 0.05) is 23.0 Å². The molecule has 1 fully saturated rings. The zero-order valence-corrected chi connectivity index (χ0v) is 29.2. The number of aryl methyl sites for hydroxylation is 2. The number of anilines is 3. The zero-order valence-electron chi connectivity index (χ0n) is 28.4. The van der Waals surface area contributed by atoms with Crippen LogP contribution < -0.4 is 20.7 Å². The molecule has 0 saturated carbocycles. The summed E-state index contributed by atoms with van der Waals surface area (Å²) in [4.78, 5) is 43.5. The highest BCUT2D eigenvalue weighted by molar-refractivity contribution is 7.88. The number of hydrogen-bond donors (Lipinski definition) is 3. The van der Waals surface area contributed by atoms with Gasteiger partial charge in [-0.1, -0.05) is 55.3 Å². The molecule has 0 bridgehead atoms. The molecule has 0 unspecified atom stereocenters. The van der Waals surface area contributed by atoms with Gasteiger partial charge in [-0.3, -0.25) is 10.6 Å². The van der Waals surface area contributed by atoms with E-state index in [1.165, 1.54) is 6.20 Å². The van der Waals surface area contributed by atoms with E-state index >= 15 is 0 Å². The number of pyridine rings is 1. The lowest BCUT2D eigenvalue weighted by molar-refractivity contribution is 0.201. The van der Waals surface area contributed by atoms with Crippen molar-refractivity contribution in [3.8, 4) is 11.4 Å². The lowest BCUT2D eigenvalue weighted by atomic mass is 10.1. The number of aromatic nitrogens is 3. The highest BCUT2D eigenvalue weighted by Crippen LogP contribution is 2.32. The first-order chi connectivity index (χ1) is 24.5. The second-order valence-electron chi connectivity index (χ2n) is 12.1. The number of ether oxygens (including phenoxy) is 1. The van der Waals surface area contributed by atoms with Gasteiger partial charge in [-0.2, -0.15) is 5.10 Å². The minimum absolute atomic E-state index is 0.0712. The number of amides is 6. The predicted molar refractivity (Wildman–Crippen MR) is 195 cm³/mol. The maximum absolute atomic E-state index is 13.4. The van der Waals surface area contributed by atoms with Gasteiger partial charge in [-0.05, 0) is 61.7 Å². The van der Waals surface area contributed by atoms with Crippen molar-refractivity contribution in [2.75, 3.05) is 35.3 Å². The number of fused-ring (bicyclic) bond motifs is 1. The summed E-state index contributed by atoms with van der Waals surface area (Å²) >= 11 is 0. The third kappa shape index (κ3) is 8.10. The molecule has 0 atom stereocenters. The Morgan fingerprint density at radius 2 is 1.69 bits per heavy atom. The minimum Gasteiger partial charge on any atom is -0.488 e. The predicted octanol–water partition coefficient (Wildman–Crippen LogP) is 6.52. The number of rotatable bonds is 11. The van der Waals surface area contributed by atoms with Crippen molar-refractivity contribution in [2.24, 2.45) is 0 Å². The van der Waals surface area contributed by atoms with E-state index in [1.54, 1.807) is 28.9 Å². The molecule has 264 valence electrons. The van der Waals surface area contributed by atoms with Crippen LogP contribution in [-0.2, 0) is 23.1 Å². The quantitative estimate of drug-likeness (QED) is 0.139. The average Bonchev–Trinajstić information content (AvgIpc) is 3.70. The van der Waals surface area contributed by atoms with Gasteiger partial charge in [-0.15, -0.1) is 0 Å². The molecule has 0 aliphatic carbocycles. The number of unbranched alkanes of at least 4 members (excludes halogenated alkanes) is 1. The van der Waals surface area contributed by atoms with Crippen LogP contribution in [0.15, 0.2) is 85.1 Å². The van der Waals surface area contributed by atoms with E-state index in [2.05, 4.69) is 27.9 Å². The Morgan fingerprint density at radius 3 is 2.41 bits per heavy atom. The van der Waals surface area contributed by atoms with Crippen LogP contribution in [0.25, 0.3) is 16.5 Å². The summed E-state index contributed by atoms with van der Waals surface area (Å²) in [6.07, 6.45) is 5.23. The fourth-order valence-electron chi connectivity index (χ4n) is 5.64. The molecule has 6 amide bonds. The van der Waals surface area contributed by atoms with E-state index in [-0.39, 0.29) is 25.5 Å². The fraction of sp³-hybridized carbons (Fsp3) is 0.250. The van der Waals surface area contributed by atoms with Crippen LogP contribution in [0.3, 0.4) is 0 Å². The summed E-state index contributed by atoms with van der Waals surface area (Å²) in [5.41, 5.74) is 4.13. The number of nitrogens with one attached hydrogen (secondary N) is 3. The molecule has 1 aliphatic rings. The molecule has 3 N–H and O–H groups in total. The lowest BCUT2D eigenvalue weighted by Crippen LogP contribution is -2.40. The SMILES string of the molecule is CCCCc1cc(NC(=O)Nc2ccc(OCc3ccnc(NC(=O)N4CCN(S(C)(=O)=O)C4=O)c3)c3ccccc23)n(-c2ccc(C)cc2)n1. The van der Waals surface area contributed by atoms with E-state index in [4.69, 9.17) is 9.84 Å². The molecule has 15 heteroatoms. The monoisotopic (exact) mass is 710 g/mol. The molecule has 14 nitrogen and oxygen atoms in total. The van der Waals surface area contributed by atoms with Crippen molar-refractivity contribution >= 4 is 56.2 Å². The Balaban J connectivity index is 1.13. The summed E-state index contributed by atoms with van der Waals surface area (Å²) in [6, 6.07) is 22.1. The van der Waals surface area contributed by atoms with E-state index in [1.807, 2.05) is 61.5 Å². The van der Waals surface area contributed by atoms with Crippen molar-refractivity contribution in [3.05, 3.63) is 102 Å². The van der Waals surface area contributed by atoms with Crippen LogP contribution in [0, 0.1) is 6.92 Å². The number of carbonyl (C=O) groups is 3. The fourth-order valence-corrected chi connectivity index (χ4v) is 6.44. The molecule has 3 heterocycles. The maximum Gasteiger partial charge on any atom is 0.341 e. The van der Waals surface area contributed by atoms with Gasteiger partial charge in [0.25, 0.3) is 0 Å². The molecular formula is C36H38N8O6S. The van der Waals surface area contributed by atoms with Gasteiger partial charge >= 0.3 is 18.1 Å². The topological polar surface area (TPSA) is 168 Å². The van der Waals surface area contributed by atoms with E-state index in [0.29, 0.717) is 27.1 Å². The summed E-state index contributed by atoms with van der Waals surface area (Å²) in [7, 11) is -3.78. The van der Waals surface area contributed by atoms with Crippen molar-refractivity contribution in [1.82, 2.24) is 24.0 Å². The summed E-state index contributed by atoms with van der Waals surface area (Å²) in [6.45, 7) is 4.08. The van der Waals surface area contributed by atoms with Gasteiger partial charge in [0.05, 0.1) is 36.4 Å². The number of sulfonamides is 1. The van der Waals surface area contributed by atoms with Crippen molar-refractivity contribution in [2.45, 2.75) is 39.7 Å². The van der Waals surface area contributed by atoms with Gasteiger partial charge in [-0.25, -0.2) is 41.7 Å². The first kappa shape index (κ1) is 34.9. The largest absolute Gasteiger partial charge is 0.488 e. The van der Waals surface area contributed by atoms with Gasteiger partial charge in [0.1, 0.15) is 24.0 Å². The molecule has 0 radical (unpaired) electrons. The Kier molecular flexibility index (Phi) is 10.2. The third-order valence-corrected chi connectivity index (χ3v) is 9.41. The molecule has 5 aromatic rings. The van der Waals surface area contributed by atoms with Crippen LogP contribution in [0.2, 0.25) is 0 Å². The lowest BCUT2D eigenvalue weighted by Gasteiger charge is -2.16. The number of imide groups is 1. The normalized spacial score (nSPS) is 13.0. The van der Waals surface area contributed by atoms with Gasteiger partial charge in [0.15, 0.2) is 0 Å². The summed E-state index contributed by atoms with van der Waals surface area (Å²) in [5.74, 6) is 1.30. The number of hydrogen-bond acceptors (Lipinski definition) is 8. The first-order valence-electron chi connectivity index (χ1n) is 16.4. The van der Waals surface area contributed by atoms with Gasteiger partial charge < -0.3 is 10.1 Å². The summed E-state index contributed by atoms with van der Waals surface area (Å²) in [5, 5.41) is 14.8. The third-order valence-electron chi connectivity index (χ3n) is 8.27. The van der Waals surface area contributed by atoms with Crippen LogP contribution in [-0.4, -0.2) is 69.8 Å². The zero-order chi connectivity index (χ0) is 36.1. The average molecular weight is 711 g/mol. The summed E-state index contributed by atoms with van der Waals surface area (Å²) < 4.78 is 32.2. The minimum atomic E-state index is -3.78. The molecule has 1 aliphatic heterocycles. The number of benzene rings is 3. The molecule has 2 aromatic heterocycles. The molecule has 3 aromatic carbocycles. The van der Waals surface area contributed by atoms with Gasteiger partial charge in [0.2, 0.25) is 10.0 Å². The first-order valence-corrected chi connectivity index (χ1v) is 18.3. The number of urea groups is 3. The van der Waals surface area contributed by atoms with Crippen LogP contribution in [0.1, 0.15) is 36.6 Å². The molecule has 6 rings (SSSR count). The number of nitrogens with zero attached hydrogens (tertiary/aromatic N) is 5. The second-order valence-corrected chi connectivity index (χ2v) is 14.1. The Morgan fingerprint density at radius 1 is 0.922 bits per heavy atom. The van der Waals surface area contributed by atoms with E-state index in [9.17, 15) is 22.8 Å². The second kappa shape index (κ2) is 14.9. The van der Waals surface area contributed by atoms with Crippen molar-refractivity contribution < 1.29 is 27.5 Å². The maximum atomic E-state index is 13.4. The smallest absolute Gasteiger partial charge is 0.341 e. The van der Waals surface area contributed by atoms with Crippen LogP contribution in [0.5, 0.6) is 5.75 Å². The van der Waals surface area contributed by atoms with E-state index < -0.39 is 28.1 Å². The Hall–Kier alpha value is -5.96. The Labute approximate surface area is 295 Å². The van der Waals surface area contributed by atoms with E-state index in [0.717, 1.165) is 58.1 Å². The van der Waals surface area contributed by atoms with Crippen LogP contribution in [0.4, 0.5) is 31.7 Å². The highest BCUT2D eigenvalue weighted by Gasteiger charge is 2.38. The highest BCUT2D eigenvalue weighted by atomic mass is 32.2. The molecule has 0 spiro atoms. The molecule has 51 heavy (non-hydrogen) atoms. The van der Waals surface area contributed by atoms with Crippen molar-refractivity contribution in [1.29, 1.82) is 0 Å².